The largest absolute Gasteiger partial charge is 0.496 e. The summed E-state index contributed by atoms with van der Waals surface area (Å²) in [5.74, 6) is 3.05. The molecule has 8 nitrogen and oxygen atoms in total. The molecule has 0 aliphatic carbocycles. The molecule has 2 aliphatic heterocycles. The van der Waals surface area contributed by atoms with Gasteiger partial charge >= 0.3 is 0 Å². The summed E-state index contributed by atoms with van der Waals surface area (Å²) in [6.45, 7) is 9.68. The minimum atomic E-state index is -0.140. The number of fused-ring (bicyclic) bond motifs is 1. The van der Waals surface area contributed by atoms with E-state index in [-0.39, 0.29) is 17.9 Å². The Bertz CT molecular complexity index is 935. The molecule has 1 unspecified atom stereocenters. The molecular formula is C24H36N6O2. The van der Waals surface area contributed by atoms with Gasteiger partial charge in [0, 0.05) is 38.5 Å². The second-order valence-corrected chi connectivity index (χ2v) is 9.26. The zero-order chi connectivity index (χ0) is 22.7. The van der Waals surface area contributed by atoms with Crippen molar-refractivity contribution in [3.8, 4) is 5.75 Å². The molecule has 1 N–H and O–H groups in total. The Balaban J connectivity index is 1.36. The van der Waals surface area contributed by atoms with E-state index in [0.717, 1.165) is 81.5 Å². The molecule has 1 aromatic carbocycles. The molecule has 1 atom stereocenters. The Morgan fingerprint density at radius 1 is 1.19 bits per heavy atom. The van der Waals surface area contributed by atoms with Crippen molar-refractivity contribution in [1.29, 1.82) is 0 Å². The zero-order valence-electron chi connectivity index (χ0n) is 19.8. The van der Waals surface area contributed by atoms with Crippen LogP contribution in [0.1, 0.15) is 48.6 Å². The van der Waals surface area contributed by atoms with E-state index in [0.29, 0.717) is 0 Å². The molecule has 1 saturated heterocycles. The van der Waals surface area contributed by atoms with Gasteiger partial charge in [-0.3, -0.25) is 9.69 Å². The van der Waals surface area contributed by atoms with E-state index in [9.17, 15) is 4.79 Å². The van der Waals surface area contributed by atoms with Crippen LogP contribution >= 0.6 is 0 Å². The van der Waals surface area contributed by atoms with Crippen LogP contribution in [0.5, 0.6) is 5.75 Å². The summed E-state index contributed by atoms with van der Waals surface area (Å²) in [7, 11) is 3.82. The lowest BCUT2D eigenvalue weighted by molar-refractivity contribution is -0.127. The molecule has 2 aliphatic rings. The molecular weight excluding hydrogens is 404 g/mol. The smallest absolute Gasteiger partial charge is 0.223 e. The number of rotatable bonds is 6. The van der Waals surface area contributed by atoms with Gasteiger partial charge in [0.1, 0.15) is 11.6 Å². The Hall–Kier alpha value is -2.45. The van der Waals surface area contributed by atoms with E-state index >= 15 is 0 Å². The second kappa shape index (κ2) is 10.0. The van der Waals surface area contributed by atoms with Crippen LogP contribution in [0.25, 0.3) is 0 Å². The fourth-order valence-electron chi connectivity index (χ4n) is 4.83. The van der Waals surface area contributed by atoms with Crippen LogP contribution < -0.4 is 10.1 Å². The van der Waals surface area contributed by atoms with E-state index in [1.807, 2.05) is 13.0 Å². The molecule has 4 rings (SSSR count). The lowest BCUT2D eigenvalue weighted by atomic mass is 9.96. The number of ether oxygens (including phenoxy) is 1. The number of piperidine rings is 1. The number of carbonyl (C=O) groups excluding carboxylic acids is 1. The summed E-state index contributed by atoms with van der Waals surface area (Å²) in [4.78, 5) is 17.5. The highest BCUT2D eigenvalue weighted by molar-refractivity contribution is 5.79. The summed E-state index contributed by atoms with van der Waals surface area (Å²) < 4.78 is 7.59. The Kier molecular flexibility index (Phi) is 7.10. The molecule has 0 radical (unpaired) electrons. The second-order valence-electron chi connectivity index (χ2n) is 9.26. The molecule has 1 aromatic heterocycles. The summed E-state index contributed by atoms with van der Waals surface area (Å²) in [6, 6.07) is 6.25. The van der Waals surface area contributed by atoms with Gasteiger partial charge in [0.2, 0.25) is 5.91 Å². The third-order valence-electron chi connectivity index (χ3n) is 6.85. The monoisotopic (exact) mass is 440 g/mol. The van der Waals surface area contributed by atoms with E-state index in [1.165, 1.54) is 5.56 Å². The highest BCUT2D eigenvalue weighted by Gasteiger charge is 2.27. The number of carbonyl (C=O) groups is 1. The number of likely N-dealkylation sites (tertiary alicyclic amines) is 1. The fourth-order valence-corrected chi connectivity index (χ4v) is 4.83. The molecule has 0 saturated carbocycles. The van der Waals surface area contributed by atoms with Gasteiger partial charge < -0.3 is 19.5 Å². The average Bonchev–Trinajstić information content (AvgIpc) is 3.09. The summed E-state index contributed by atoms with van der Waals surface area (Å²) in [5.41, 5.74) is 2.45. The minimum Gasteiger partial charge on any atom is -0.496 e. The molecule has 3 heterocycles. The maximum Gasteiger partial charge on any atom is 0.223 e. The van der Waals surface area contributed by atoms with Crippen molar-refractivity contribution in [1.82, 2.24) is 29.9 Å². The van der Waals surface area contributed by atoms with Crippen LogP contribution in [-0.2, 0) is 24.3 Å². The van der Waals surface area contributed by atoms with Gasteiger partial charge in [-0.05, 0) is 64.0 Å². The van der Waals surface area contributed by atoms with Gasteiger partial charge in [0.05, 0.1) is 13.2 Å². The van der Waals surface area contributed by atoms with E-state index in [1.54, 1.807) is 7.11 Å². The normalized spacial score (nSPS) is 19.2. The minimum absolute atomic E-state index is 0.101. The SMILES string of the molecule is COc1ccc(CN2CCc3nnc(C(C)NC(=O)C4CCN(C)CC4)n3CC2)cc1C. The molecule has 174 valence electrons. The van der Waals surface area contributed by atoms with Crippen molar-refractivity contribution in [2.45, 2.75) is 52.2 Å². The number of methoxy groups -OCH3 is 1. The Labute approximate surface area is 190 Å². The first-order valence-corrected chi connectivity index (χ1v) is 11.7. The lowest BCUT2D eigenvalue weighted by Crippen LogP contribution is -2.40. The summed E-state index contributed by atoms with van der Waals surface area (Å²) in [6.07, 6.45) is 2.71. The number of nitrogens with one attached hydrogen (secondary N) is 1. The Morgan fingerprint density at radius 3 is 2.69 bits per heavy atom. The van der Waals surface area contributed by atoms with Crippen LogP contribution in [0.3, 0.4) is 0 Å². The number of aryl methyl sites for hydroxylation is 1. The standard InChI is InChI=1S/C24H36N6O2/c1-17-15-19(5-6-21(17)32-4)16-29-12-9-22-26-27-23(30(22)14-13-29)18(2)25-24(31)20-7-10-28(3)11-8-20/h5-6,15,18,20H,7-14,16H2,1-4H3,(H,25,31). The van der Waals surface area contributed by atoms with E-state index < -0.39 is 0 Å². The van der Waals surface area contributed by atoms with E-state index in [4.69, 9.17) is 4.74 Å². The summed E-state index contributed by atoms with van der Waals surface area (Å²) in [5, 5.41) is 12.1. The number of aromatic nitrogens is 3. The average molecular weight is 441 g/mol. The maximum absolute atomic E-state index is 12.8. The zero-order valence-corrected chi connectivity index (χ0v) is 19.8. The molecule has 32 heavy (non-hydrogen) atoms. The number of hydrogen-bond acceptors (Lipinski definition) is 6. The predicted molar refractivity (Wildman–Crippen MR) is 124 cm³/mol. The third kappa shape index (κ3) is 5.13. The molecule has 1 amide bonds. The van der Waals surface area contributed by atoms with Gasteiger partial charge in [-0.2, -0.15) is 0 Å². The number of benzene rings is 1. The molecule has 1 fully saturated rings. The third-order valence-corrected chi connectivity index (χ3v) is 6.85. The molecule has 0 spiro atoms. The van der Waals surface area contributed by atoms with Crippen molar-refractivity contribution in [3.05, 3.63) is 41.0 Å². The molecule has 0 bridgehead atoms. The maximum atomic E-state index is 12.8. The first kappa shape index (κ1) is 22.7. The summed E-state index contributed by atoms with van der Waals surface area (Å²) >= 11 is 0. The fraction of sp³-hybridized carbons (Fsp3) is 0.625. The number of nitrogens with zero attached hydrogens (tertiary/aromatic N) is 5. The Morgan fingerprint density at radius 2 is 1.97 bits per heavy atom. The number of amides is 1. The quantitative estimate of drug-likeness (QED) is 0.742. The van der Waals surface area contributed by atoms with Crippen molar-refractivity contribution in [2.75, 3.05) is 40.3 Å². The predicted octanol–water partition coefficient (Wildman–Crippen LogP) is 2.17. The highest BCUT2D eigenvalue weighted by atomic mass is 16.5. The molecule has 8 heteroatoms. The van der Waals surface area contributed by atoms with E-state index in [2.05, 4.69) is 56.0 Å². The molecule has 2 aromatic rings. The van der Waals surface area contributed by atoms with Crippen molar-refractivity contribution in [2.24, 2.45) is 5.92 Å². The highest BCUT2D eigenvalue weighted by Crippen LogP contribution is 2.22. The van der Waals surface area contributed by atoms with Crippen molar-refractivity contribution in [3.63, 3.8) is 0 Å². The first-order valence-electron chi connectivity index (χ1n) is 11.7. The van der Waals surface area contributed by atoms with Crippen molar-refractivity contribution < 1.29 is 9.53 Å². The van der Waals surface area contributed by atoms with Gasteiger partial charge in [-0.1, -0.05) is 12.1 Å². The van der Waals surface area contributed by atoms with Gasteiger partial charge in [0.25, 0.3) is 0 Å². The van der Waals surface area contributed by atoms with Crippen LogP contribution in [0.2, 0.25) is 0 Å². The van der Waals surface area contributed by atoms with Gasteiger partial charge in [0.15, 0.2) is 5.82 Å². The van der Waals surface area contributed by atoms with Crippen LogP contribution in [0.4, 0.5) is 0 Å². The topological polar surface area (TPSA) is 75.5 Å². The number of hydrogen-bond donors (Lipinski definition) is 1. The van der Waals surface area contributed by atoms with Crippen LogP contribution in [-0.4, -0.2) is 70.8 Å². The first-order chi connectivity index (χ1) is 15.4. The van der Waals surface area contributed by atoms with Gasteiger partial charge in [-0.15, -0.1) is 10.2 Å². The van der Waals surface area contributed by atoms with Crippen LogP contribution in [0.15, 0.2) is 18.2 Å². The van der Waals surface area contributed by atoms with Crippen LogP contribution in [0, 0.1) is 12.8 Å². The van der Waals surface area contributed by atoms with Crippen molar-refractivity contribution >= 4 is 5.91 Å². The lowest BCUT2D eigenvalue weighted by Gasteiger charge is -2.29. The van der Waals surface area contributed by atoms with Gasteiger partial charge in [-0.25, -0.2) is 0 Å².